The number of halogens is 1. The van der Waals surface area contributed by atoms with Crippen molar-refractivity contribution in [2.45, 2.75) is 38.6 Å². The first-order valence-electron chi connectivity index (χ1n) is 6.29. The van der Waals surface area contributed by atoms with E-state index in [1.807, 2.05) is 6.92 Å². The fourth-order valence-electron chi connectivity index (χ4n) is 1.72. The number of aryl methyl sites for hydroxylation is 1. The Labute approximate surface area is 111 Å². The lowest BCUT2D eigenvalue weighted by Crippen LogP contribution is -2.40. The van der Waals surface area contributed by atoms with Crippen molar-refractivity contribution in [2.24, 2.45) is 0 Å². The average molecular weight is 267 g/mol. The Morgan fingerprint density at radius 1 is 1.32 bits per heavy atom. The highest BCUT2D eigenvalue weighted by atomic mass is 19.1. The van der Waals surface area contributed by atoms with Gasteiger partial charge in [0.2, 0.25) is 5.91 Å². The Bertz CT molecular complexity index is 431. The Balaban J connectivity index is 2.42. The van der Waals surface area contributed by atoms with Crippen molar-refractivity contribution in [1.29, 1.82) is 0 Å². The number of carbonyl (C=O) groups is 2. The second-order valence-electron chi connectivity index (χ2n) is 4.37. The van der Waals surface area contributed by atoms with Crippen molar-refractivity contribution in [1.82, 2.24) is 5.32 Å². The van der Waals surface area contributed by atoms with Crippen molar-refractivity contribution in [3.63, 3.8) is 0 Å². The molecule has 1 amide bonds. The summed E-state index contributed by atoms with van der Waals surface area (Å²) in [5, 5.41) is 11.4. The molecule has 1 aromatic rings. The van der Waals surface area contributed by atoms with Crippen LogP contribution in [0.5, 0.6) is 0 Å². The Morgan fingerprint density at radius 3 is 2.47 bits per heavy atom. The van der Waals surface area contributed by atoms with Crippen LogP contribution in [0.4, 0.5) is 4.39 Å². The average Bonchev–Trinajstić information content (AvgIpc) is 2.37. The van der Waals surface area contributed by atoms with Gasteiger partial charge in [0.15, 0.2) is 0 Å². The smallest absolute Gasteiger partial charge is 0.326 e. The van der Waals surface area contributed by atoms with Gasteiger partial charge in [-0.05, 0) is 30.5 Å². The highest BCUT2D eigenvalue weighted by Crippen LogP contribution is 2.06. The first kappa shape index (κ1) is 15.1. The molecule has 4 nitrogen and oxygen atoms in total. The second-order valence-corrected chi connectivity index (χ2v) is 4.37. The maximum Gasteiger partial charge on any atom is 0.326 e. The van der Waals surface area contributed by atoms with Gasteiger partial charge < -0.3 is 10.4 Å². The number of benzene rings is 1. The zero-order chi connectivity index (χ0) is 14.3. The number of rotatable bonds is 7. The predicted molar refractivity (Wildman–Crippen MR) is 69.2 cm³/mol. The molecule has 1 atom stereocenters. The first-order chi connectivity index (χ1) is 9.02. The third-order valence-electron chi connectivity index (χ3n) is 2.76. The maximum absolute atomic E-state index is 12.7. The summed E-state index contributed by atoms with van der Waals surface area (Å²) < 4.78 is 12.7. The molecule has 0 fully saturated rings. The van der Waals surface area contributed by atoms with Crippen LogP contribution in [0.15, 0.2) is 24.3 Å². The van der Waals surface area contributed by atoms with E-state index in [1.165, 1.54) is 12.1 Å². The van der Waals surface area contributed by atoms with Gasteiger partial charge in [-0.2, -0.15) is 0 Å². The molecule has 0 bridgehead atoms. The summed E-state index contributed by atoms with van der Waals surface area (Å²) in [6.45, 7) is 1.86. The molecular formula is C14H18FNO3. The minimum absolute atomic E-state index is 0.194. The summed E-state index contributed by atoms with van der Waals surface area (Å²) in [4.78, 5) is 22.5. The molecule has 2 N–H and O–H groups in total. The molecule has 0 aliphatic heterocycles. The van der Waals surface area contributed by atoms with Crippen LogP contribution >= 0.6 is 0 Å². The monoisotopic (exact) mass is 267 g/mol. The Kier molecular flexibility index (Phi) is 5.99. The number of hydrogen-bond acceptors (Lipinski definition) is 2. The number of carboxylic acid groups (broad SMARTS) is 1. The molecular weight excluding hydrogens is 249 g/mol. The fraction of sp³-hybridized carbons (Fsp3) is 0.429. The van der Waals surface area contributed by atoms with Gasteiger partial charge in [-0.1, -0.05) is 25.5 Å². The third-order valence-corrected chi connectivity index (χ3v) is 2.76. The zero-order valence-corrected chi connectivity index (χ0v) is 10.9. The van der Waals surface area contributed by atoms with E-state index in [9.17, 15) is 14.0 Å². The molecule has 1 aromatic carbocycles. The number of carboxylic acids is 1. The van der Waals surface area contributed by atoms with Crippen LogP contribution in [0.1, 0.15) is 31.7 Å². The Hall–Kier alpha value is -1.91. The largest absolute Gasteiger partial charge is 0.480 e. The molecule has 0 aliphatic carbocycles. The van der Waals surface area contributed by atoms with Crippen molar-refractivity contribution >= 4 is 11.9 Å². The number of amides is 1. The summed E-state index contributed by atoms with van der Waals surface area (Å²) in [5.41, 5.74) is 0.846. The molecule has 0 aromatic heterocycles. The third kappa shape index (κ3) is 5.50. The van der Waals surface area contributed by atoms with Crippen LogP contribution in [0.25, 0.3) is 0 Å². The normalized spacial score (nSPS) is 11.9. The summed E-state index contributed by atoms with van der Waals surface area (Å²) in [7, 11) is 0. The molecule has 0 unspecified atom stereocenters. The first-order valence-corrected chi connectivity index (χ1v) is 6.29. The quantitative estimate of drug-likeness (QED) is 0.795. The van der Waals surface area contributed by atoms with Crippen LogP contribution in [-0.4, -0.2) is 23.0 Å². The summed E-state index contributed by atoms with van der Waals surface area (Å²) in [5.74, 6) is -1.63. The maximum atomic E-state index is 12.7. The molecule has 1 rings (SSSR count). The van der Waals surface area contributed by atoms with E-state index in [0.717, 1.165) is 5.56 Å². The SMILES string of the molecule is CCC[C@H](NC(=O)CCc1ccc(F)cc1)C(=O)O. The molecule has 5 heteroatoms. The summed E-state index contributed by atoms with van der Waals surface area (Å²) in [6, 6.07) is 5.08. The molecule has 104 valence electrons. The minimum Gasteiger partial charge on any atom is -0.480 e. The van der Waals surface area contributed by atoms with Crippen LogP contribution < -0.4 is 5.32 Å². The Morgan fingerprint density at radius 2 is 1.95 bits per heavy atom. The van der Waals surface area contributed by atoms with E-state index >= 15 is 0 Å². The van der Waals surface area contributed by atoms with Crippen LogP contribution in [0.3, 0.4) is 0 Å². The number of nitrogens with one attached hydrogen (secondary N) is 1. The number of hydrogen-bond donors (Lipinski definition) is 2. The lowest BCUT2D eigenvalue weighted by atomic mass is 10.1. The van der Waals surface area contributed by atoms with E-state index in [1.54, 1.807) is 12.1 Å². The van der Waals surface area contributed by atoms with Gasteiger partial charge in [0, 0.05) is 6.42 Å². The van der Waals surface area contributed by atoms with Crippen molar-refractivity contribution in [3.05, 3.63) is 35.6 Å². The van der Waals surface area contributed by atoms with Crippen LogP contribution in [-0.2, 0) is 16.0 Å². The van der Waals surface area contributed by atoms with E-state index in [4.69, 9.17) is 5.11 Å². The van der Waals surface area contributed by atoms with Crippen LogP contribution in [0, 0.1) is 5.82 Å². The molecule has 0 aliphatic rings. The van der Waals surface area contributed by atoms with E-state index in [2.05, 4.69) is 5.32 Å². The van der Waals surface area contributed by atoms with Crippen molar-refractivity contribution < 1.29 is 19.1 Å². The molecule has 0 saturated heterocycles. The van der Waals surface area contributed by atoms with Gasteiger partial charge in [0.25, 0.3) is 0 Å². The number of carbonyl (C=O) groups excluding carboxylic acids is 1. The zero-order valence-electron chi connectivity index (χ0n) is 10.9. The van der Waals surface area contributed by atoms with Gasteiger partial charge in [-0.3, -0.25) is 4.79 Å². The molecule has 0 heterocycles. The predicted octanol–water partition coefficient (Wildman–Crippen LogP) is 2.13. The molecule has 19 heavy (non-hydrogen) atoms. The van der Waals surface area contributed by atoms with E-state index in [-0.39, 0.29) is 18.1 Å². The second kappa shape index (κ2) is 7.51. The standard InChI is InChI=1S/C14H18FNO3/c1-2-3-12(14(18)19)16-13(17)9-6-10-4-7-11(15)8-5-10/h4-5,7-8,12H,2-3,6,9H2,1H3,(H,16,17)(H,18,19)/t12-/m0/s1. The van der Waals surface area contributed by atoms with E-state index in [0.29, 0.717) is 19.3 Å². The topological polar surface area (TPSA) is 66.4 Å². The van der Waals surface area contributed by atoms with Gasteiger partial charge in [0.05, 0.1) is 0 Å². The minimum atomic E-state index is -1.02. The summed E-state index contributed by atoms with van der Waals surface area (Å²) >= 11 is 0. The van der Waals surface area contributed by atoms with Gasteiger partial charge in [0.1, 0.15) is 11.9 Å². The van der Waals surface area contributed by atoms with E-state index < -0.39 is 12.0 Å². The molecule has 0 radical (unpaired) electrons. The van der Waals surface area contributed by atoms with Gasteiger partial charge >= 0.3 is 5.97 Å². The summed E-state index contributed by atoms with van der Waals surface area (Å²) in [6.07, 6.45) is 1.76. The lowest BCUT2D eigenvalue weighted by Gasteiger charge is -2.13. The lowest BCUT2D eigenvalue weighted by molar-refractivity contribution is -0.142. The molecule has 0 saturated carbocycles. The van der Waals surface area contributed by atoms with Crippen LogP contribution in [0.2, 0.25) is 0 Å². The highest BCUT2D eigenvalue weighted by Gasteiger charge is 2.18. The molecule has 0 spiro atoms. The van der Waals surface area contributed by atoms with Crippen molar-refractivity contribution in [2.75, 3.05) is 0 Å². The highest BCUT2D eigenvalue weighted by molar-refractivity contribution is 5.83. The van der Waals surface area contributed by atoms with Crippen molar-refractivity contribution in [3.8, 4) is 0 Å². The van der Waals surface area contributed by atoms with Gasteiger partial charge in [-0.15, -0.1) is 0 Å². The fourth-order valence-corrected chi connectivity index (χ4v) is 1.72. The van der Waals surface area contributed by atoms with Gasteiger partial charge in [-0.25, -0.2) is 9.18 Å². The number of aliphatic carboxylic acids is 1.